The van der Waals surface area contributed by atoms with Crippen LogP contribution in [0.1, 0.15) is 28.9 Å². The summed E-state index contributed by atoms with van der Waals surface area (Å²) in [6, 6.07) is 1.94. The van der Waals surface area contributed by atoms with Gasteiger partial charge in [0.25, 0.3) is 0 Å². The Bertz CT molecular complexity index is 434. The van der Waals surface area contributed by atoms with Crippen molar-refractivity contribution in [2.24, 2.45) is 5.73 Å². The Morgan fingerprint density at radius 3 is 3.06 bits per heavy atom. The Morgan fingerprint density at radius 1 is 1.65 bits per heavy atom. The number of pyridine rings is 1. The highest BCUT2D eigenvalue weighted by Crippen LogP contribution is 2.24. The second-order valence-electron chi connectivity index (χ2n) is 4.50. The zero-order valence-corrected chi connectivity index (χ0v) is 9.89. The van der Waals surface area contributed by atoms with Gasteiger partial charge >= 0.3 is 5.97 Å². The van der Waals surface area contributed by atoms with Crippen LogP contribution in [0.4, 0.5) is 5.69 Å². The van der Waals surface area contributed by atoms with Gasteiger partial charge in [-0.3, -0.25) is 4.98 Å². The van der Waals surface area contributed by atoms with Crippen molar-refractivity contribution in [2.75, 3.05) is 18.0 Å². The quantitative estimate of drug-likeness (QED) is 0.800. The minimum atomic E-state index is -0.938. The summed E-state index contributed by atoms with van der Waals surface area (Å²) >= 11 is 0. The molecule has 3 N–H and O–H groups in total. The smallest absolute Gasteiger partial charge is 0.339 e. The molecule has 1 aromatic rings. The molecule has 0 aromatic carbocycles. The number of piperidine rings is 1. The summed E-state index contributed by atoms with van der Waals surface area (Å²) in [6.07, 6.45) is 3.43. The monoisotopic (exact) mass is 235 g/mol. The van der Waals surface area contributed by atoms with Crippen LogP contribution >= 0.6 is 0 Å². The highest BCUT2D eigenvalue weighted by atomic mass is 16.4. The predicted octanol–water partition coefficient (Wildman–Crippen LogP) is 1.02. The lowest BCUT2D eigenvalue weighted by molar-refractivity contribution is 0.0697. The van der Waals surface area contributed by atoms with E-state index in [0.717, 1.165) is 30.8 Å². The molecule has 0 radical (unpaired) electrons. The molecule has 0 saturated carbocycles. The van der Waals surface area contributed by atoms with E-state index in [2.05, 4.69) is 4.98 Å². The molecule has 0 spiro atoms. The number of carboxylic acids is 1. The average molecular weight is 235 g/mol. The number of carboxylic acid groups (broad SMARTS) is 1. The molecule has 1 aromatic heterocycles. The van der Waals surface area contributed by atoms with Crippen LogP contribution in [0.25, 0.3) is 0 Å². The largest absolute Gasteiger partial charge is 0.478 e. The molecule has 2 rings (SSSR count). The normalized spacial score (nSPS) is 20.4. The molecule has 1 saturated heterocycles. The van der Waals surface area contributed by atoms with Crippen LogP contribution in [0, 0.1) is 6.92 Å². The van der Waals surface area contributed by atoms with Crippen LogP contribution in [0.2, 0.25) is 0 Å². The number of hydrogen-bond acceptors (Lipinski definition) is 4. The number of nitrogens with zero attached hydrogens (tertiary/aromatic N) is 2. The van der Waals surface area contributed by atoms with Crippen LogP contribution in [0.5, 0.6) is 0 Å². The molecule has 1 unspecified atom stereocenters. The van der Waals surface area contributed by atoms with Crippen LogP contribution in [-0.2, 0) is 0 Å². The molecule has 1 atom stereocenters. The molecule has 92 valence electrons. The maximum absolute atomic E-state index is 11.2. The molecule has 0 amide bonds. The van der Waals surface area contributed by atoms with Crippen molar-refractivity contribution in [3.05, 3.63) is 23.5 Å². The lowest BCUT2D eigenvalue weighted by Crippen LogP contribution is -2.43. The van der Waals surface area contributed by atoms with E-state index in [1.165, 1.54) is 6.20 Å². The van der Waals surface area contributed by atoms with Crippen LogP contribution < -0.4 is 10.6 Å². The summed E-state index contributed by atoms with van der Waals surface area (Å²) in [5.41, 5.74) is 7.74. The lowest BCUT2D eigenvalue weighted by Gasteiger charge is -2.33. The topological polar surface area (TPSA) is 79.5 Å². The van der Waals surface area contributed by atoms with Gasteiger partial charge < -0.3 is 15.7 Å². The summed E-state index contributed by atoms with van der Waals surface area (Å²) in [7, 11) is 0. The van der Waals surface area contributed by atoms with Crippen LogP contribution in [0.15, 0.2) is 12.3 Å². The Balaban J connectivity index is 2.35. The lowest BCUT2D eigenvalue weighted by atomic mass is 10.0. The Morgan fingerprint density at radius 2 is 2.41 bits per heavy atom. The minimum Gasteiger partial charge on any atom is -0.478 e. The van der Waals surface area contributed by atoms with Crippen molar-refractivity contribution in [3.8, 4) is 0 Å². The van der Waals surface area contributed by atoms with E-state index in [1.807, 2.05) is 17.9 Å². The van der Waals surface area contributed by atoms with E-state index in [0.29, 0.717) is 6.54 Å². The molecule has 5 heteroatoms. The number of anilines is 1. The molecule has 1 aliphatic heterocycles. The van der Waals surface area contributed by atoms with Gasteiger partial charge in [0.15, 0.2) is 0 Å². The van der Waals surface area contributed by atoms with Crippen molar-refractivity contribution in [1.82, 2.24) is 4.98 Å². The van der Waals surface area contributed by atoms with Gasteiger partial charge in [-0.1, -0.05) is 0 Å². The summed E-state index contributed by atoms with van der Waals surface area (Å²) in [5.74, 6) is -0.938. The fourth-order valence-electron chi connectivity index (χ4n) is 2.20. The van der Waals surface area contributed by atoms with E-state index in [-0.39, 0.29) is 11.6 Å². The van der Waals surface area contributed by atoms with E-state index in [1.54, 1.807) is 0 Å². The Kier molecular flexibility index (Phi) is 3.28. The fourth-order valence-corrected chi connectivity index (χ4v) is 2.20. The zero-order chi connectivity index (χ0) is 12.4. The molecule has 1 aliphatic rings. The summed E-state index contributed by atoms with van der Waals surface area (Å²) in [6.45, 7) is 3.43. The maximum atomic E-state index is 11.2. The van der Waals surface area contributed by atoms with Crippen LogP contribution in [-0.4, -0.2) is 35.2 Å². The van der Waals surface area contributed by atoms with E-state index in [4.69, 9.17) is 10.8 Å². The predicted molar refractivity (Wildman–Crippen MR) is 65.4 cm³/mol. The summed E-state index contributed by atoms with van der Waals surface area (Å²) in [4.78, 5) is 17.2. The molecular formula is C12H17N3O2. The number of rotatable bonds is 2. The standard InChI is InChI=1S/C12H17N3O2/c1-8-5-11(10(6-14-8)12(16)17)15-4-2-3-9(13)7-15/h5-6,9H,2-4,7,13H2,1H3,(H,16,17). The number of carbonyl (C=O) groups is 1. The van der Waals surface area contributed by atoms with Gasteiger partial charge in [-0.2, -0.15) is 0 Å². The van der Waals surface area contributed by atoms with E-state index < -0.39 is 5.97 Å². The van der Waals surface area contributed by atoms with E-state index >= 15 is 0 Å². The number of aryl methyl sites for hydroxylation is 1. The number of nitrogens with two attached hydrogens (primary N) is 1. The Hall–Kier alpha value is -1.62. The van der Waals surface area contributed by atoms with Gasteiger partial charge in [-0.15, -0.1) is 0 Å². The van der Waals surface area contributed by atoms with Gasteiger partial charge in [0.05, 0.1) is 5.69 Å². The van der Waals surface area contributed by atoms with Crippen molar-refractivity contribution in [1.29, 1.82) is 0 Å². The van der Waals surface area contributed by atoms with Gasteiger partial charge in [-0.05, 0) is 25.8 Å². The second-order valence-corrected chi connectivity index (χ2v) is 4.50. The molecule has 0 bridgehead atoms. The first-order chi connectivity index (χ1) is 8.08. The number of aromatic nitrogens is 1. The SMILES string of the molecule is Cc1cc(N2CCCC(N)C2)c(C(=O)O)cn1. The average Bonchev–Trinajstić information content (AvgIpc) is 2.28. The van der Waals surface area contributed by atoms with Crippen LogP contribution in [0.3, 0.4) is 0 Å². The third-order valence-corrected chi connectivity index (χ3v) is 3.05. The Labute approximate surface area is 100 Å². The molecule has 0 aliphatic carbocycles. The van der Waals surface area contributed by atoms with Gasteiger partial charge in [0.1, 0.15) is 5.56 Å². The first kappa shape index (κ1) is 11.9. The first-order valence-electron chi connectivity index (χ1n) is 5.78. The van der Waals surface area contributed by atoms with Crippen molar-refractivity contribution >= 4 is 11.7 Å². The third kappa shape index (κ3) is 2.55. The highest BCUT2D eigenvalue weighted by molar-refractivity contribution is 5.94. The van der Waals surface area contributed by atoms with Gasteiger partial charge in [0.2, 0.25) is 0 Å². The summed E-state index contributed by atoms with van der Waals surface area (Å²) in [5, 5.41) is 9.16. The van der Waals surface area contributed by atoms with Gasteiger partial charge in [0, 0.05) is 31.0 Å². The maximum Gasteiger partial charge on any atom is 0.339 e. The first-order valence-corrected chi connectivity index (χ1v) is 5.78. The van der Waals surface area contributed by atoms with Crippen molar-refractivity contribution < 1.29 is 9.90 Å². The van der Waals surface area contributed by atoms with Gasteiger partial charge in [-0.25, -0.2) is 4.79 Å². The summed E-state index contributed by atoms with van der Waals surface area (Å²) < 4.78 is 0. The number of hydrogen-bond donors (Lipinski definition) is 2. The fraction of sp³-hybridized carbons (Fsp3) is 0.500. The number of aromatic carboxylic acids is 1. The molecule has 5 nitrogen and oxygen atoms in total. The highest BCUT2D eigenvalue weighted by Gasteiger charge is 2.21. The van der Waals surface area contributed by atoms with Crippen molar-refractivity contribution in [3.63, 3.8) is 0 Å². The van der Waals surface area contributed by atoms with Crippen molar-refractivity contribution in [2.45, 2.75) is 25.8 Å². The minimum absolute atomic E-state index is 0.124. The molecular weight excluding hydrogens is 218 g/mol. The molecule has 2 heterocycles. The zero-order valence-electron chi connectivity index (χ0n) is 9.89. The van der Waals surface area contributed by atoms with E-state index in [9.17, 15) is 4.79 Å². The molecule has 17 heavy (non-hydrogen) atoms. The molecule has 1 fully saturated rings. The third-order valence-electron chi connectivity index (χ3n) is 3.05. The second kappa shape index (κ2) is 4.71.